The summed E-state index contributed by atoms with van der Waals surface area (Å²) in [6.07, 6.45) is -14.9. The van der Waals surface area contributed by atoms with Gasteiger partial charge in [-0.1, -0.05) is 42.5 Å². The van der Waals surface area contributed by atoms with Crippen LogP contribution in [0.25, 0.3) is 0 Å². The Morgan fingerprint density at radius 3 is 2.18 bits per heavy atom. The van der Waals surface area contributed by atoms with Gasteiger partial charge in [0.2, 0.25) is 0 Å². The molecule has 0 aromatic heterocycles. The first-order valence-corrected chi connectivity index (χ1v) is 15.9. The van der Waals surface area contributed by atoms with Gasteiger partial charge in [0.15, 0.2) is 17.9 Å². The Morgan fingerprint density at radius 1 is 0.980 bits per heavy atom. The standard InChI is InChI=1S/C35H33F3N2O11/c1-15-27(41)21(40-32(46)35(36,37)38)12-23(49-15)51-22-14-34(48,16(2)50-33(47)39-17-8-4-3-5-9-17)13-20-24(22)31(45)26-25(30(20)44)28(42)18-10-6-7-11-19(18)29(26)43/h3-11,15-16,21-23,27,41,44-45,48H,12-14H2,1-2H3,(H,39,47)(H,40,46)/t15-,16?,21-,22-,23-,27-,34-/m0/s1. The molecule has 6 N–H and O–H groups in total. The number of ether oxygens (including phenoxy) is 3. The Hall–Kier alpha value is -5.03. The van der Waals surface area contributed by atoms with Crippen LogP contribution in [0, 0.1) is 0 Å². The number of carbonyl (C=O) groups excluding carboxylic acids is 4. The summed E-state index contributed by atoms with van der Waals surface area (Å²) in [6, 6.07) is 12.5. The largest absolute Gasteiger partial charge is 0.507 e. The third kappa shape index (κ3) is 6.62. The van der Waals surface area contributed by atoms with E-state index in [9.17, 15) is 52.8 Å². The highest BCUT2D eigenvalue weighted by Gasteiger charge is 2.51. The third-order valence-electron chi connectivity index (χ3n) is 9.46. The van der Waals surface area contributed by atoms with Crippen LogP contribution in [-0.4, -0.2) is 86.4 Å². The quantitative estimate of drug-likeness (QED) is 0.159. The zero-order chi connectivity index (χ0) is 37.0. The Morgan fingerprint density at radius 2 is 1.57 bits per heavy atom. The minimum atomic E-state index is -5.26. The van der Waals surface area contributed by atoms with Crippen LogP contribution in [0.2, 0.25) is 0 Å². The lowest BCUT2D eigenvalue weighted by atomic mass is 9.71. The molecule has 2 aliphatic carbocycles. The Bertz CT molecular complexity index is 1900. The van der Waals surface area contributed by atoms with E-state index in [2.05, 4.69) is 5.32 Å². The number of hydrogen-bond donors (Lipinski definition) is 6. The molecular weight excluding hydrogens is 681 g/mol. The number of fused-ring (bicyclic) bond motifs is 3. The van der Waals surface area contributed by atoms with E-state index < -0.39 is 114 Å². The monoisotopic (exact) mass is 714 g/mol. The molecule has 6 rings (SSSR count). The van der Waals surface area contributed by atoms with Crippen molar-refractivity contribution in [2.45, 2.75) is 81.6 Å². The van der Waals surface area contributed by atoms with Crippen LogP contribution < -0.4 is 10.6 Å². The van der Waals surface area contributed by atoms with Crippen molar-refractivity contribution in [2.75, 3.05) is 5.32 Å². The molecule has 0 saturated carbocycles. The minimum Gasteiger partial charge on any atom is -0.507 e. The summed E-state index contributed by atoms with van der Waals surface area (Å²) >= 11 is 0. The van der Waals surface area contributed by atoms with Crippen LogP contribution in [0.3, 0.4) is 0 Å². The molecule has 3 aromatic rings. The molecule has 1 aliphatic heterocycles. The number of alkyl halides is 3. The number of aliphatic hydroxyl groups is 2. The van der Waals surface area contributed by atoms with Crippen LogP contribution in [0.15, 0.2) is 54.6 Å². The summed E-state index contributed by atoms with van der Waals surface area (Å²) in [5.41, 5.74) is -3.28. The Balaban J connectivity index is 1.39. The van der Waals surface area contributed by atoms with Crippen molar-refractivity contribution in [3.63, 3.8) is 0 Å². The van der Waals surface area contributed by atoms with Crippen molar-refractivity contribution < 1.29 is 67.0 Å². The molecule has 51 heavy (non-hydrogen) atoms. The molecule has 1 heterocycles. The maximum atomic E-state index is 13.7. The van der Waals surface area contributed by atoms with Gasteiger partial charge in [0, 0.05) is 47.2 Å². The number of aliphatic hydroxyl groups excluding tert-OH is 1. The van der Waals surface area contributed by atoms with Gasteiger partial charge in [-0.15, -0.1) is 0 Å². The second kappa shape index (κ2) is 13.3. The van der Waals surface area contributed by atoms with E-state index in [1.165, 1.54) is 38.1 Å². The predicted molar refractivity (Wildman–Crippen MR) is 169 cm³/mol. The summed E-state index contributed by atoms with van der Waals surface area (Å²) in [7, 11) is 0. The fraction of sp³-hybridized carbons (Fsp3) is 0.371. The molecule has 3 aromatic carbocycles. The van der Waals surface area contributed by atoms with E-state index in [0.29, 0.717) is 5.69 Å². The number of hydrogen-bond acceptors (Lipinski definition) is 11. The van der Waals surface area contributed by atoms with Crippen molar-refractivity contribution in [2.24, 2.45) is 0 Å². The molecule has 16 heteroatoms. The topological polar surface area (TPSA) is 201 Å². The first-order chi connectivity index (χ1) is 24.0. The Labute approximate surface area is 287 Å². The van der Waals surface area contributed by atoms with Gasteiger partial charge >= 0.3 is 18.2 Å². The summed E-state index contributed by atoms with van der Waals surface area (Å²) < 4.78 is 56.6. The van der Waals surface area contributed by atoms with E-state index in [0.717, 1.165) is 0 Å². The fourth-order valence-corrected chi connectivity index (χ4v) is 6.79. The van der Waals surface area contributed by atoms with Crippen molar-refractivity contribution in [3.05, 3.63) is 88.0 Å². The molecule has 7 atom stereocenters. The molecule has 0 radical (unpaired) electrons. The number of para-hydroxylation sites is 1. The van der Waals surface area contributed by atoms with Gasteiger partial charge in [-0.3, -0.25) is 19.7 Å². The lowest BCUT2D eigenvalue weighted by Crippen LogP contribution is -2.57. The molecule has 1 unspecified atom stereocenters. The predicted octanol–water partition coefficient (Wildman–Crippen LogP) is 3.79. The highest BCUT2D eigenvalue weighted by molar-refractivity contribution is 6.30. The van der Waals surface area contributed by atoms with Gasteiger partial charge in [0.25, 0.3) is 0 Å². The molecule has 3 aliphatic rings. The average Bonchev–Trinajstić information content (AvgIpc) is 3.07. The van der Waals surface area contributed by atoms with E-state index in [1.54, 1.807) is 35.6 Å². The van der Waals surface area contributed by atoms with Crippen molar-refractivity contribution >= 4 is 29.3 Å². The molecular formula is C35H33F3N2O11. The highest BCUT2D eigenvalue weighted by atomic mass is 19.4. The second-order valence-corrected chi connectivity index (χ2v) is 12.8. The first-order valence-electron chi connectivity index (χ1n) is 15.9. The molecule has 13 nitrogen and oxygen atoms in total. The number of anilines is 1. The van der Waals surface area contributed by atoms with Gasteiger partial charge in [-0.05, 0) is 26.0 Å². The lowest BCUT2D eigenvalue weighted by molar-refractivity contribution is -0.253. The minimum absolute atomic E-state index is 0.0343. The maximum absolute atomic E-state index is 13.7. The SMILES string of the molecule is CC(OC(=O)Nc1ccccc1)[C@]1(O)Cc2c(O)c3c(c(O)c2[C@@H](O[C@H]2C[C@H](NC(=O)C(F)(F)F)[C@@H](O)[C@H](C)O2)C1)C(=O)c1ccccc1C3=O. The van der Waals surface area contributed by atoms with Crippen LogP contribution in [0.5, 0.6) is 11.5 Å². The van der Waals surface area contributed by atoms with Crippen molar-refractivity contribution in [1.29, 1.82) is 0 Å². The number of aromatic hydroxyl groups is 2. The molecule has 0 spiro atoms. The zero-order valence-corrected chi connectivity index (χ0v) is 27.1. The van der Waals surface area contributed by atoms with Crippen LogP contribution in [-0.2, 0) is 25.4 Å². The van der Waals surface area contributed by atoms with Gasteiger partial charge < -0.3 is 40.0 Å². The number of rotatable bonds is 6. The summed E-state index contributed by atoms with van der Waals surface area (Å²) in [4.78, 5) is 51.9. The van der Waals surface area contributed by atoms with Crippen molar-refractivity contribution in [1.82, 2.24) is 5.32 Å². The van der Waals surface area contributed by atoms with E-state index in [1.807, 2.05) is 0 Å². The van der Waals surface area contributed by atoms with E-state index in [-0.39, 0.29) is 22.3 Å². The Kier molecular flexibility index (Phi) is 9.30. The molecule has 1 saturated heterocycles. The van der Waals surface area contributed by atoms with Gasteiger partial charge in [-0.25, -0.2) is 4.79 Å². The average molecular weight is 715 g/mol. The second-order valence-electron chi connectivity index (χ2n) is 12.8. The summed E-state index contributed by atoms with van der Waals surface area (Å²) in [5, 5.41) is 50.1. The fourth-order valence-electron chi connectivity index (χ4n) is 6.79. The number of amides is 2. The number of carbonyl (C=O) groups is 4. The van der Waals surface area contributed by atoms with Gasteiger partial charge in [-0.2, -0.15) is 13.2 Å². The molecule has 2 amide bonds. The third-order valence-corrected chi connectivity index (χ3v) is 9.46. The van der Waals surface area contributed by atoms with Crippen LogP contribution in [0.4, 0.5) is 23.7 Å². The summed E-state index contributed by atoms with van der Waals surface area (Å²) in [6.45, 7) is 2.67. The number of phenols is 2. The molecule has 270 valence electrons. The first kappa shape index (κ1) is 35.8. The number of phenolic OH excluding ortho intramolecular Hbond substituents is 2. The normalized spacial score (nSPS) is 26.3. The smallest absolute Gasteiger partial charge is 0.471 e. The number of benzene rings is 3. The number of nitrogens with one attached hydrogen (secondary N) is 2. The number of ketones is 2. The molecule has 0 bridgehead atoms. The van der Waals surface area contributed by atoms with Gasteiger partial charge in [0.05, 0.1) is 29.4 Å². The van der Waals surface area contributed by atoms with Crippen LogP contribution in [0.1, 0.15) is 75.8 Å². The van der Waals surface area contributed by atoms with Gasteiger partial charge in [0.1, 0.15) is 29.3 Å². The lowest BCUT2D eigenvalue weighted by Gasteiger charge is -2.44. The van der Waals surface area contributed by atoms with E-state index >= 15 is 0 Å². The summed E-state index contributed by atoms with van der Waals surface area (Å²) in [5.74, 6) is -5.38. The van der Waals surface area contributed by atoms with Crippen LogP contribution >= 0.6 is 0 Å². The van der Waals surface area contributed by atoms with Crippen molar-refractivity contribution in [3.8, 4) is 11.5 Å². The maximum Gasteiger partial charge on any atom is 0.471 e. The van der Waals surface area contributed by atoms with E-state index in [4.69, 9.17) is 14.2 Å². The zero-order valence-electron chi connectivity index (χ0n) is 27.1. The highest BCUT2D eigenvalue weighted by Crippen LogP contribution is 2.52. The molecule has 1 fully saturated rings. The number of halogens is 3.